The lowest BCUT2D eigenvalue weighted by Crippen LogP contribution is -2.34. The molecule has 144 valence electrons. The molecule has 2 N–H and O–H groups in total. The van der Waals surface area contributed by atoms with E-state index in [1.807, 2.05) is 30.3 Å². The molecular weight excluding hydrogens is 388 g/mol. The molecule has 2 atom stereocenters. The van der Waals surface area contributed by atoms with Crippen LogP contribution in [-0.4, -0.2) is 29.5 Å². The van der Waals surface area contributed by atoms with E-state index in [-0.39, 0.29) is 16.5 Å². The summed E-state index contributed by atoms with van der Waals surface area (Å²) in [7, 11) is 0. The summed E-state index contributed by atoms with van der Waals surface area (Å²) in [6.45, 7) is 0.315. The van der Waals surface area contributed by atoms with Crippen molar-refractivity contribution in [3.05, 3.63) is 68.7 Å². The molecule has 28 heavy (non-hydrogen) atoms. The van der Waals surface area contributed by atoms with Gasteiger partial charge in [0.1, 0.15) is 5.92 Å². The van der Waals surface area contributed by atoms with Crippen molar-refractivity contribution in [1.82, 2.24) is 10.7 Å². The van der Waals surface area contributed by atoms with Crippen LogP contribution in [0.4, 0.5) is 5.69 Å². The third-order valence-corrected chi connectivity index (χ3v) is 4.55. The minimum Gasteiger partial charge on any atom is -0.867 e. The van der Waals surface area contributed by atoms with Crippen molar-refractivity contribution in [2.45, 2.75) is 5.92 Å². The van der Waals surface area contributed by atoms with E-state index in [1.165, 1.54) is 6.07 Å². The van der Waals surface area contributed by atoms with Gasteiger partial charge in [-0.3, -0.25) is 19.7 Å². The smallest absolute Gasteiger partial charge is 0.263 e. The topological polar surface area (TPSA) is 137 Å². The summed E-state index contributed by atoms with van der Waals surface area (Å²) in [6.07, 6.45) is 0.962. The Labute approximate surface area is 164 Å². The molecule has 2 amide bonds. The molecule has 0 bridgehead atoms. The number of nitrogens with zero attached hydrogens (tertiary/aromatic N) is 2. The number of hydrogen-bond acceptors (Lipinski definition) is 6. The molecular formula is C18H14ClN4O5-. The monoisotopic (exact) mass is 401 g/mol. The Morgan fingerprint density at radius 1 is 1.32 bits per heavy atom. The van der Waals surface area contributed by atoms with Crippen molar-refractivity contribution in [1.29, 1.82) is 0 Å². The number of hydrazone groups is 1. The lowest BCUT2D eigenvalue weighted by atomic mass is 9.88. The zero-order valence-electron chi connectivity index (χ0n) is 14.3. The second kappa shape index (κ2) is 8.05. The Kier molecular flexibility index (Phi) is 5.55. The number of nitro benzene ring substituents is 1. The molecule has 0 unspecified atom stereocenters. The molecule has 0 aliphatic carbocycles. The van der Waals surface area contributed by atoms with Gasteiger partial charge in [0, 0.05) is 23.6 Å². The third-order valence-electron chi connectivity index (χ3n) is 4.33. The maximum atomic E-state index is 12.5. The fourth-order valence-corrected chi connectivity index (χ4v) is 3.22. The van der Waals surface area contributed by atoms with Gasteiger partial charge in [0.2, 0.25) is 5.91 Å². The molecule has 1 fully saturated rings. The van der Waals surface area contributed by atoms with Crippen LogP contribution < -0.4 is 15.8 Å². The molecule has 10 heteroatoms. The molecule has 0 spiro atoms. The molecule has 3 rings (SSSR count). The van der Waals surface area contributed by atoms with Crippen LogP contribution in [0.2, 0.25) is 5.02 Å². The van der Waals surface area contributed by atoms with Crippen LogP contribution in [0.5, 0.6) is 5.75 Å². The van der Waals surface area contributed by atoms with Crippen LogP contribution >= 0.6 is 11.6 Å². The SMILES string of the molecule is O=C1NC[C@@H](c2ccccc2)[C@H]1C(=O)N/N=C/c1cc(Cl)cc([N+](=O)[O-])c1[O-]. The molecule has 1 saturated heterocycles. The van der Waals surface area contributed by atoms with Crippen molar-refractivity contribution in [3.8, 4) is 5.75 Å². The van der Waals surface area contributed by atoms with Gasteiger partial charge in [0.15, 0.2) is 0 Å². The number of halogens is 1. The lowest BCUT2D eigenvalue weighted by molar-refractivity contribution is -0.398. The van der Waals surface area contributed by atoms with E-state index < -0.39 is 34.1 Å². The second-order valence-electron chi connectivity index (χ2n) is 6.07. The third kappa shape index (κ3) is 3.94. The van der Waals surface area contributed by atoms with E-state index >= 15 is 0 Å². The van der Waals surface area contributed by atoms with E-state index in [0.717, 1.165) is 17.8 Å². The number of carbonyl (C=O) groups is 2. The lowest BCUT2D eigenvalue weighted by Gasteiger charge is -2.15. The maximum Gasteiger partial charge on any atom is 0.263 e. The largest absolute Gasteiger partial charge is 0.867 e. The van der Waals surface area contributed by atoms with Crippen LogP contribution in [0.25, 0.3) is 0 Å². The second-order valence-corrected chi connectivity index (χ2v) is 6.51. The van der Waals surface area contributed by atoms with Crippen molar-refractivity contribution in [2.24, 2.45) is 11.0 Å². The maximum absolute atomic E-state index is 12.5. The fraction of sp³-hybridized carbons (Fsp3) is 0.167. The number of nitrogens with one attached hydrogen (secondary N) is 2. The first-order valence-corrected chi connectivity index (χ1v) is 8.57. The highest BCUT2D eigenvalue weighted by Crippen LogP contribution is 2.30. The van der Waals surface area contributed by atoms with E-state index in [0.29, 0.717) is 6.54 Å². The molecule has 9 nitrogen and oxygen atoms in total. The average molecular weight is 402 g/mol. The summed E-state index contributed by atoms with van der Waals surface area (Å²) in [5, 5.41) is 29.2. The van der Waals surface area contributed by atoms with Gasteiger partial charge in [0.25, 0.3) is 11.6 Å². The summed E-state index contributed by atoms with van der Waals surface area (Å²) in [4.78, 5) is 34.6. The molecule has 0 radical (unpaired) electrons. The van der Waals surface area contributed by atoms with E-state index in [1.54, 1.807) is 0 Å². The van der Waals surface area contributed by atoms with Crippen LogP contribution in [0.3, 0.4) is 0 Å². The van der Waals surface area contributed by atoms with Crippen molar-refractivity contribution >= 4 is 35.3 Å². The Morgan fingerprint density at radius 2 is 2.04 bits per heavy atom. The predicted octanol–water partition coefficient (Wildman–Crippen LogP) is 1.30. The molecule has 1 aliphatic rings. The first-order chi connectivity index (χ1) is 13.4. The van der Waals surface area contributed by atoms with Crippen molar-refractivity contribution < 1.29 is 19.6 Å². The summed E-state index contributed by atoms with van der Waals surface area (Å²) in [6, 6.07) is 11.2. The summed E-state index contributed by atoms with van der Waals surface area (Å²) in [5.41, 5.74) is 2.20. The standard InChI is InChI=1S/C18H15ClN4O5/c19-12-6-11(16(24)14(7-12)23(27)28)8-21-22-18(26)15-13(9-20-17(15)25)10-4-2-1-3-5-10/h1-8,13,15,24H,9H2,(H,20,25)(H,22,26)/p-1/b21-8+/t13-,15+/m0/s1. The normalized spacial score (nSPS) is 18.8. The summed E-state index contributed by atoms with van der Waals surface area (Å²) in [5.74, 6) is -3.30. The molecule has 2 aromatic rings. The number of rotatable bonds is 5. The molecule has 1 heterocycles. The van der Waals surface area contributed by atoms with Gasteiger partial charge < -0.3 is 10.4 Å². The average Bonchev–Trinajstić information content (AvgIpc) is 3.06. The number of benzene rings is 2. The van der Waals surface area contributed by atoms with E-state index in [4.69, 9.17) is 11.6 Å². The highest BCUT2D eigenvalue weighted by molar-refractivity contribution is 6.31. The molecule has 1 aliphatic heterocycles. The Balaban J connectivity index is 1.76. The van der Waals surface area contributed by atoms with E-state index in [9.17, 15) is 24.8 Å². The zero-order chi connectivity index (χ0) is 20.3. The highest BCUT2D eigenvalue weighted by Gasteiger charge is 2.40. The first-order valence-electron chi connectivity index (χ1n) is 8.19. The van der Waals surface area contributed by atoms with Crippen LogP contribution in [-0.2, 0) is 9.59 Å². The quantitative estimate of drug-likeness (QED) is 0.336. The van der Waals surface area contributed by atoms with Crippen LogP contribution in [0.15, 0.2) is 47.6 Å². The Morgan fingerprint density at radius 3 is 2.71 bits per heavy atom. The van der Waals surface area contributed by atoms with Crippen molar-refractivity contribution in [2.75, 3.05) is 6.54 Å². The van der Waals surface area contributed by atoms with Gasteiger partial charge in [-0.15, -0.1) is 0 Å². The fourth-order valence-electron chi connectivity index (χ4n) is 3.00. The van der Waals surface area contributed by atoms with Gasteiger partial charge in [-0.25, -0.2) is 5.43 Å². The van der Waals surface area contributed by atoms with Gasteiger partial charge in [-0.1, -0.05) is 41.9 Å². The number of nitro groups is 1. The minimum absolute atomic E-state index is 0.0154. The predicted molar refractivity (Wildman–Crippen MR) is 99.0 cm³/mol. The molecule has 2 aromatic carbocycles. The molecule has 0 aromatic heterocycles. The number of amides is 2. The van der Waals surface area contributed by atoms with Gasteiger partial charge in [-0.05, 0) is 22.9 Å². The van der Waals surface area contributed by atoms with E-state index in [2.05, 4.69) is 15.8 Å². The number of hydrogen-bond donors (Lipinski definition) is 2. The van der Waals surface area contributed by atoms with Crippen LogP contribution in [0.1, 0.15) is 17.0 Å². The Bertz CT molecular complexity index is 964. The number of carbonyl (C=O) groups excluding carboxylic acids is 2. The van der Waals surface area contributed by atoms with Gasteiger partial charge in [0.05, 0.1) is 11.1 Å². The highest BCUT2D eigenvalue weighted by atomic mass is 35.5. The first kappa shape index (κ1) is 19.3. The van der Waals surface area contributed by atoms with Crippen molar-refractivity contribution in [3.63, 3.8) is 0 Å². The Hall–Kier alpha value is -3.46. The van der Waals surface area contributed by atoms with Crippen LogP contribution in [0, 0.1) is 16.0 Å². The van der Waals surface area contributed by atoms with Gasteiger partial charge >= 0.3 is 0 Å². The zero-order valence-corrected chi connectivity index (χ0v) is 15.1. The molecule has 0 saturated carbocycles. The summed E-state index contributed by atoms with van der Waals surface area (Å²) >= 11 is 5.77. The summed E-state index contributed by atoms with van der Waals surface area (Å²) < 4.78 is 0. The van der Waals surface area contributed by atoms with Gasteiger partial charge in [-0.2, -0.15) is 5.10 Å². The minimum atomic E-state index is -0.986.